The van der Waals surface area contributed by atoms with Crippen LogP contribution >= 0.6 is 0 Å². The first-order chi connectivity index (χ1) is 9.95. The fraction of sp³-hybridized carbons (Fsp3) is 0.471. The molecular formula is C17H24N2O2. The molecule has 0 saturated heterocycles. The topological polar surface area (TPSA) is 47.3 Å². The van der Waals surface area contributed by atoms with Crippen molar-refractivity contribution >= 4 is 0 Å². The summed E-state index contributed by atoms with van der Waals surface area (Å²) in [5.74, 6) is 1.20. The SMILES string of the molecule is Cc1ccc(C(C)C)c(Oc2nc(CNC(C)C)co2)c1. The summed E-state index contributed by atoms with van der Waals surface area (Å²) in [6.07, 6.45) is 1.93. The van der Waals surface area contributed by atoms with Crippen LogP contribution in [0.25, 0.3) is 0 Å². The molecule has 1 heterocycles. The van der Waals surface area contributed by atoms with E-state index in [4.69, 9.17) is 9.15 Å². The predicted molar refractivity (Wildman–Crippen MR) is 83.8 cm³/mol. The Morgan fingerprint density at radius 3 is 2.67 bits per heavy atom. The predicted octanol–water partition coefficient (Wildman–Crippen LogP) is 4.40. The Kier molecular flexibility index (Phi) is 5.02. The third-order valence-corrected chi connectivity index (χ3v) is 3.21. The molecule has 0 aliphatic heterocycles. The van der Waals surface area contributed by atoms with Gasteiger partial charge in [-0.15, -0.1) is 0 Å². The molecule has 0 atom stereocenters. The van der Waals surface area contributed by atoms with Crippen molar-refractivity contribution in [2.24, 2.45) is 0 Å². The van der Waals surface area contributed by atoms with Crippen LogP contribution in [0.4, 0.5) is 0 Å². The summed E-state index contributed by atoms with van der Waals surface area (Å²) in [6.45, 7) is 11.2. The van der Waals surface area contributed by atoms with E-state index in [1.807, 2.05) is 13.0 Å². The zero-order valence-electron chi connectivity index (χ0n) is 13.4. The molecule has 0 bridgehead atoms. The number of benzene rings is 1. The van der Waals surface area contributed by atoms with Gasteiger partial charge < -0.3 is 14.5 Å². The second-order valence-corrected chi connectivity index (χ2v) is 5.94. The summed E-state index contributed by atoms with van der Waals surface area (Å²) in [5.41, 5.74) is 3.15. The van der Waals surface area contributed by atoms with E-state index in [1.54, 1.807) is 6.26 Å². The minimum Gasteiger partial charge on any atom is -0.417 e. The Balaban J connectivity index is 2.13. The number of hydrogen-bond donors (Lipinski definition) is 1. The molecule has 1 aromatic heterocycles. The van der Waals surface area contributed by atoms with E-state index in [1.165, 1.54) is 0 Å². The van der Waals surface area contributed by atoms with E-state index in [0.29, 0.717) is 24.6 Å². The third kappa shape index (κ3) is 4.33. The minimum atomic E-state index is 0.294. The van der Waals surface area contributed by atoms with Crippen LogP contribution in [0.1, 0.15) is 50.4 Å². The number of oxazole rings is 1. The zero-order chi connectivity index (χ0) is 15.4. The van der Waals surface area contributed by atoms with Crippen molar-refractivity contribution in [2.45, 2.75) is 53.1 Å². The summed E-state index contributed by atoms with van der Waals surface area (Å²) < 4.78 is 11.2. The Hall–Kier alpha value is -1.81. The molecule has 1 N–H and O–H groups in total. The number of aryl methyl sites for hydroxylation is 1. The first kappa shape index (κ1) is 15.6. The molecule has 0 spiro atoms. The summed E-state index contributed by atoms with van der Waals surface area (Å²) in [7, 11) is 0. The van der Waals surface area contributed by atoms with Crippen LogP contribution in [-0.2, 0) is 6.54 Å². The summed E-state index contributed by atoms with van der Waals surface area (Å²) in [4.78, 5) is 4.36. The highest BCUT2D eigenvalue weighted by molar-refractivity contribution is 5.40. The van der Waals surface area contributed by atoms with Crippen LogP contribution in [0.2, 0.25) is 0 Å². The minimum absolute atomic E-state index is 0.294. The normalized spacial score (nSPS) is 11.4. The summed E-state index contributed by atoms with van der Waals surface area (Å²) in [6, 6.07) is 6.62. The average molecular weight is 288 g/mol. The molecule has 0 fully saturated rings. The zero-order valence-corrected chi connectivity index (χ0v) is 13.4. The van der Waals surface area contributed by atoms with Crippen LogP contribution in [-0.4, -0.2) is 11.0 Å². The molecule has 114 valence electrons. The highest BCUT2D eigenvalue weighted by Gasteiger charge is 2.12. The highest BCUT2D eigenvalue weighted by atomic mass is 16.6. The van der Waals surface area contributed by atoms with Gasteiger partial charge in [0.05, 0.1) is 5.69 Å². The quantitative estimate of drug-likeness (QED) is 0.856. The summed E-state index contributed by atoms with van der Waals surface area (Å²) >= 11 is 0. The fourth-order valence-corrected chi connectivity index (χ4v) is 2.03. The second-order valence-electron chi connectivity index (χ2n) is 5.94. The van der Waals surface area contributed by atoms with E-state index in [0.717, 1.165) is 22.6 Å². The number of nitrogens with one attached hydrogen (secondary N) is 1. The lowest BCUT2D eigenvalue weighted by Crippen LogP contribution is -2.21. The molecule has 2 aromatic rings. The van der Waals surface area contributed by atoms with E-state index in [9.17, 15) is 0 Å². The van der Waals surface area contributed by atoms with E-state index >= 15 is 0 Å². The Labute approximate surface area is 126 Å². The fourth-order valence-electron chi connectivity index (χ4n) is 2.03. The lowest BCUT2D eigenvalue weighted by molar-refractivity contribution is 0.327. The van der Waals surface area contributed by atoms with Gasteiger partial charge in [-0.1, -0.05) is 39.8 Å². The molecule has 4 nitrogen and oxygen atoms in total. The number of hydrogen-bond acceptors (Lipinski definition) is 4. The largest absolute Gasteiger partial charge is 0.417 e. The van der Waals surface area contributed by atoms with Gasteiger partial charge in [-0.25, -0.2) is 0 Å². The van der Waals surface area contributed by atoms with Crippen LogP contribution < -0.4 is 10.1 Å². The molecule has 21 heavy (non-hydrogen) atoms. The van der Waals surface area contributed by atoms with Crippen LogP contribution in [0.15, 0.2) is 28.9 Å². The molecular weight excluding hydrogens is 264 g/mol. The Morgan fingerprint density at radius 2 is 2.00 bits per heavy atom. The molecule has 4 heteroatoms. The number of nitrogens with zero attached hydrogens (tertiary/aromatic N) is 1. The van der Waals surface area contributed by atoms with E-state index < -0.39 is 0 Å². The van der Waals surface area contributed by atoms with Crippen molar-refractivity contribution in [3.8, 4) is 11.8 Å². The molecule has 0 amide bonds. The van der Waals surface area contributed by atoms with Gasteiger partial charge >= 0.3 is 6.08 Å². The third-order valence-electron chi connectivity index (χ3n) is 3.21. The number of aromatic nitrogens is 1. The van der Waals surface area contributed by atoms with Gasteiger partial charge in [0.1, 0.15) is 12.0 Å². The van der Waals surface area contributed by atoms with Crippen molar-refractivity contribution < 1.29 is 9.15 Å². The first-order valence-electron chi connectivity index (χ1n) is 7.42. The number of rotatable bonds is 6. The lowest BCUT2D eigenvalue weighted by Gasteiger charge is -2.12. The maximum absolute atomic E-state index is 5.83. The van der Waals surface area contributed by atoms with Gasteiger partial charge in [0.2, 0.25) is 0 Å². The lowest BCUT2D eigenvalue weighted by atomic mass is 10.0. The molecule has 1 aromatic carbocycles. The van der Waals surface area contributed by atoms with Gasteiger partial charge in [0.15, 0.2) is 0 Å². The van der Waals surface area contributed by atoms with E-state index in [2.05, 4.69) is 50.1 Å². The van der Waals surface area contributed by atoms with Gasteiger partial charge in [-0.05, 0) is 30.0 Å². The van der Waals surface area contributed by atoms with Crippen molar-refractivity contribution in [3.63, 3.8) is 0 Å². The second kappa shape index (κ2) is 6.76. The standard InChI is InChI=1S/C17H24N2O2/c1-11(2)15-7-6-13(5)8-16(15)21-17-19-14(10-20-17)9-18-12(3)4/h6-8,10-12,18H,9H2,1-5H3. The van der Waals surface area contributed by atoms with Crippen molar-refractivity contribution in [3.05, 3.63) is 41.3 Å². The first-order valence-corrected chi connectivity index (χ1v) is 7.42. The molecule has 0 aliphatic rings. The molecule has 0 saturated carbocycles. The van der Waals surface area contributed by atoms with Crippen LogP contribution in [0.5, 0.6) is 11.8 Å². The molecule has 0 radical (unpaired) electrons. The van der Waals surface area contributed by atoms with Crippen LogP contribution in [0.3, 0.4) is 0 Å². The Morgan fingerprint density at radius 1 is 1.24 bits per heavy atom. The average Bonchev–Trinajstić information content (AvgIpc) is 2.83. The maximum Gasteiger partial charge on any atom is 0.399 e. The van der Waals surface area contributed by atoms with Gasteiger partial charge in [0.25, 0.3) is 0 Å². The highest BCUT2D eigenvalue weighted by Crippen LogP contribution is 2.31. The molecule has 0 aliphatic carbocycles. The van der Waals surface area contributed by atoms with E-state index in [-0.39, 0.29) is 0 Å². The van der Waals surface area contributed by atoms with Crippen molar-refractivity contribution in [1.82, 2.24) is 10.3 Å². The Bertz CT molecular complexity index is 588. The van der Waals surface area contributed by atoms with Crippen LogP contribution in [0, 0.1) is 6.92 Å². The monoisotopic (exact) mass is 288 g/mol. The van der Waals surface area contributed by atoms with Gasteiger partial charge in [-0.3, -0.25) is 0 Å². The smallest absolute Gasteiger partial charge is 0.399 e. The summed E-state index contributed by atoms with van der Waals surface area (Å²) in [5, 5.41) is 3.30. The molecule has 2 rings (SSSR count). The van der Waals surface area contributed by atoms with Gasteiger partial charge in [-0.2, -0.15) is 4.98 Å². The van der Waals surface area contributed by atoms with Gasteiger partial charge in [0, 0.05) is 12.6 Å². The van der Waals surface area contributed by atoms with Crippen molar-refractivity contribution in [2.75, 3.05) is 0 Å². The maximum atomic E-state index is 5.83. The number of ether oxygens (including phenoxy) is 1. The molecule has 0 unspecified atom stereocenters. The van der Waals surface area contributed by atoms with Crippen molar-refractivity contribution in [1.29, 1.82) is 0 Å².